The maximum absolute atomic E-state index is 14.2. The van der Waals surface area contributed by atoms with Crippen molar-refractivity contribution in [3.8, 4) is 0 Å². The molecule has 3 nitrogen and oxygen atoms in total. The zero-order valence-electron chi connectivity index (χ0n) is 15.4. The largest absolute Gasteiger partial charge is 0.419 e. The van der Waals surface area contributed by atoms with Gasteiger partial charge in [0.2, 0.25) is 0 Å². The predicted octanol–water partition coefficient (Wildman–Crippen LogP) is 5.30. The Kier molecular flexibility index (Phi) is 4.72. The Morgan fingerprint density at radius 1 is 1.07 bits per heavy atom. The summed E-state index contributed by atoms with van der Waals surface area (Å²) >= 11 is 0. The second kappa shape index (κ2) is 7.12. The van der Waals surface area contributed by atoms with Crippen molar-refractivity contribution in [2.45, 2.75) is 11.7 Å². The van der Waals surface area contributed by atoms with Crippen molar-refractivity contribution in [1.82, 2.24) is 4.90 Å². The molecule has 2 aromatic carbocycles. The van der Waals surface area contributed by atoms with Gasteiger partial charge in [0.25, 0.3) is 5.91 Å². The number of allylic oxidation sites excluding steroid dienone is 3. The molecule has 2 aliphatic heterocycles. The summed E-state index contributed by atoms with van der Waals surface area (Å²) < 4.78 is 69.7. The lowest BCUT2D eigenvalue weighted by Gasteiger charge is -2.42. The molecular formula is C22H15F5N2O. The molecular weight excluding hydrogens is 403 g/mol. The van der Waals surface area contributed by atoms with E-state index in [2.05, 4.69) is 5.32 Å². The minimum Gasteiger partial charge on any atom is -0.347 e. The SMILES string of the molecule is O=C(Nc1ccc(C2(C(F)(F)F)C=CC3=CC=CCN32)cc1)c1cccc(F)c1F. The van der Waals surface area contributed by atoms with Crippen LogP contribution in [0, 0.1) is 11.6 Å². The van der Waals surface area contributed by atoms with Crippen LogP contribution in [0.2, 0.25) is 0 Å². The van der Waals surface area contributed by atoms with E-state index in [1.165, 1.54) is 41.3 Å². The van der Waals surface area contributed by atoms with Gasteiger partial charge in [-0.1, -0.05) is 30.4 Å². The van der Waals surface area contributed by atoms with Gasteiger partial charge < -0.3 is 10.2 Å². The average molecular weight is 418 g/mol. The van der Waals surface area contributed by atoms with Crippen molar-refractivity contribution in [2.75, 3.05) is 11.9 Å². The molecule has 1 N–H and O–H groups in total. The minimum absolute atomic E-state index is 0.0279. The second-order valence-electron chi connectivity index (χ2n) is 6.86. The smallest absolute Gasteiger partial charge is 0.347 e. The summed E-state index contributed by atoms with van der Waals surface area (Å²) in [5.74, 6) is -3.37. The fraction of sp³-hybridized carbons (Fsp3) is 0.136. The molecule has 0 fully saturated rings. The number of nitrogens with one attached hydrogen (secondary N) is 1. The molecule has 2 aromatic rings. The third-order valence-corrected chi connectivity index (χ3v) is 5.14. The fourth-order valence-electron chi connectivity index (χ4n) is 3.67. The van der Waals surface area contributed by atoms with Crippen LogP contribution < -0.4 is 5.32 Å². The quantitative estimate of drug-likeness (QED) is 0.686. The number of alkyl halides is 3. The molecule has 0 saturated carbocycles. The molecule has 0 saturated heterocycles. The van der Waals surface area contributed by atoms with E-state index in [0.717, 1.165) is 18.2 Å². The monoisotopic (exact) mass is 418 g/mol. The number of halogens is 5. The third-order valence-electron chi connectivity index (χ3n) is 5.14. The van der Waals surface area contributed by atoms with Crippen LogP contribution in [0.4, 0.5) is 27.6 Å². The Morgan fingerprint density at radius 2 is 1.80 bits per heavy atom. The first-order valence-electron chi connectivity index (χ1n) is 9.00. The Morgan fingerprint density at radius 3 is 2.50 bits per heavy atom. The van der Waals surface area contributed by atoms with Crippen LogP contribution in [0.1, 0.15) is 15.9 Å². The number of carbonyl (C=O) groups excluding carboxylic acids is 1. The molecule has 1 atom stereocenters. The highest BCUT2D eigenvalue weighted by Crippen LogP contribution is 2.50. The summed E-state index contributed by atoms with van der Waals surface area (Å²) in [4.78, 5) is 13.5. The maximum Gasteiger partial charge on any atom is 0.419 e. The number of hydrogen-bond donors (Lipinski definition) is 1. The second-order valence-corrected chi connectivity index (χ2v) is 6.86. The number of amides is 1. The number of carbonyl (C=O) groups is 1. The summed E-state index contributed by atoms with van der Waals surface area (Å²) in [6, 6.07) is 8.30. The van der Waals surface area contributed by atoms with E-state index >= 15 is 0 Å². The summed E-state index contributed by atoms with van der Waals surface area (Å²) in [5.41, 5.74) is -2.25. The first kappa shape index (κ1) is 19.9. The molecule has 0 radical (unpaired) electrons. The van der Waals surface area contributed by atoms with Crippen molar-refractivity contribution in [3.63, 3.8) is 0 Å². The van der Waals surface area contributed by atoms with Gasteiger partial charge in [-0.05, 0) is 48.1 Å². The van der Waals surface area contributed by atoms with Crippen molar-refractivity contribution in [2.24, 2.45) is 0 Å². The van der Waals surface area contributed by atoms with E-state index in [9.17, 15) is 26.7 Å². The molecule has 0 aliphatic carbocycles. The van der Waals surface area contributed by atoms with E-state index < -0.39 is 34.8 Å². The van der Waals surface area contributed by atoms with Gasteiger partial charge in [-0.25, -0.2) is 8.78 Å². The predicted molar refractivity (Wildman–Crippen MR) is 102 cm³/mol. The molecule has 4 rings (SSSR count). The highest BCUT2D eigenvalue weighted by molar-refractivity contribution is 6.04. The minimum atomic E-state index is -4.60. The Balaban J connectivity index is 1.63. The number of nitrogens with zero attached hydrogens (tertiary/aromatic N) is 1. The highest BCUT2D eigenvalue weighted by atomic mass is 19.4. The van der Waals surface area contributed by atoms with Gasteiger partial charge in [0.1, 0.15) is 0 Å². The number of rotatable bonds is 3. The molecule has 1 amide bonds. The van der Waals surface area contributed by atoms with Crippen LogP contribution in [0.3, 0.4) is 0 Å². The summed E-state index contributed by atoms with van der Waals surface area (Å²) in [7, 11) is 0. The topological polar surface area (TPSA) is 32.3 Å². The zero-order valence-corrected chi connectivity index (χ0v) is 15.4. The first-order valence-corrected chi connectivity index (χ1v) is 9.00. The normalized spacial score (nSPS) is 20.2. The van der Waals surface area contributed by atoms with Crippen molar-refractivity contribution in [1.29, 1.82) is 0 Å². The Bertz CT molecular complexity index is 1090. The van der Waals surface area contributed by atoms with E-state index in [4.69, 9.17) is 0 Å². The van der Waals surface area contributed by atoms with Gasteiger partial charge in [-0.2, -0.15) is 13.2 Å². The number of anilines is 1. The molecule has 0 spiro atoms. The highest BCUT2D eigenvalue weighted by Gasteiger charge is 2.60. The van der Waals surface area contributed by atoms with Gasteiger partial charge in [0.15, 0.2) is 17.2 Å². The lowest BCUT2D eigenvalue weighted by Crippen LogP contribution is -2.52. The molecule has 2 heterocycles. The van der Waals surface area contributed by atoms with E-state index in [1.807, 2.05) is 0 Å². The Labute approximate surface area is 168 Å². The summed E-state index contributed by atoms with van der Waals surface area (Å²) in [6.07, 6.45) is 2.89. The van der Waals surface area contributed by atoms with Crippen LogP contribution in [0.5, 0.6) is 0 Å². The van der Waals surface area contributed by atoms with Gasteiger partial charge in [-0.3, -0.25) is 4.79 Å². The number of fused-ring (bicyclic) bond motifs is 1. The van der Waals surface area contributed by atoms with Gasteiger partial charge in [0, 0.05) is 17.9 Å². The zero-order chi connectivity index (χ0) is 21.5. The lowest BCUT2D eigenvalue weighted by molar-refractivity contribution is -0.209. The number of benzene rings is 2. The molecule has 0 aromatic heterocycles. The third kappa shape index (κ3) is 3.08. The molecule has 8 heteroatoms. The molecule has 2 aliphatic rings. The molecule has 1 unspecified atom stereocenters. The van der Waals surface area contributed by atoms with E-state index in [-0.39, 0.29) is 17.8 Å². The van der Waals surface area contributed by atoms with Crippen molar-refractivity contribution >= 4 is 11.6 Å². The van der Waals surface area contributed by atoms with E-state index in [1.54, 1.807) is 18.2 Å². The molecule has 154 valence electrons. The summed E-state index contributed by atoms with van der Waals surface area (Å²) in [6.45, 7) is 0.0929. The Hall–Kier alpha value is -3.42. The molecule has 30 heavy (non-hydrogen) atoms. The first-order chi connectivity index (χ1) is 14.2. The lowest BCUT2D eigenvalue weighted by atomic mass is 9.88. The van der Waals surface area contributed by atoms with Crippen LogP contribution in [0.25, 0.3) is 0 Å². The van der Waals surface area contributed by atoms with Crippen LogP contribution in [-0.2, 0) is 5.54 Å². The number of hydrogen-bond acceptors (Lipinski definition) is 2. The van der Waals surface area contributed by atoms with Crippen LogP contribution in [0.15, 0.2) is 78.5 Å². The van der Waals surface area contributed by atoms with Crippen molar-refractivity contribution in [3.05, 3.63) is 101 Å². The average Bonchev–Trinajstić information content (AvgIpc) is 3.11. The van der Waals surface area contributed by atoms with E-state index in [0.29, 0.717) is 5.70 Å². The summed E-state index contributed by atoms with van der Waals surface area (Å²) in [5, 5.41) is 2.37. The van der Waals surface area contributed by atoms with Gasteiger partial charge >= 0.3 is 6.18 Å². The van der Waals surface area contributed by atoms with Gasteiger partial charge in [0.05, 0.1) is 5.56 Å². The maximum atomic E-state index is 14.2. The van der Waals surface area contributed by atoms with Crippen LogP contribution >= 0.6 is 0 Å². The standard InChI is InChI=1S/C22H15F5N2O/c23-18-6-3-5-17(19(18)24)20(30)28-15-9-7-14(8-10-15)21(22(25,26)27)12-11-16-4-1-2-13-29(16)21/h1-12H,13H2,(H,28,30). The van der Waals surface area contributed by atoms with Crippen LogP contribution in [-0.4, -0.2) is 23.5 Å². The molecule has 0 bridgehead atoms. The van der Waals surface area contributed by atoms with Gasteiger partial charge in [-0.15, -0.1) is 0 Å². The fourth-order valence-corrected chi connectivity index (χ4v) is 3.67. The van der Waals surface area contributed by atoms with Crippen molar-refractivity contribution < 1.29 is 26.7 Å².